The minimum Gasteiger partial charge on any atom is -0.468 e. The molecule has 0 amide bonds. The summed E-state index contributed by atoms with van der Waals surface area (Å²) in [5.41, 5.74) is 1.27. The predicted octanol–water partition coefficient (Wildman–Crippen LogP) is 3.39. The molecule has 0 N–H and O–H groups in total. The molecule has 1 aromatic rings. The highest BCUT2D eigenvalue weighted by atomic mass is 79.9. The maximum atomic E-state index is 12.2. The second-order valence-electron chi connectivity index (χ2n) is 4.11. The van der Waals surface area contributed by atoms with E-state index in [9.17, 15) is 9.59 Å². The average Bonchev–Trinajstić information content (AvgIpc) is 2.35. The van der Waals surface area contributed by atoms with Crippen molar-refractivity contribution >= 4 is 27.7 Å². The van der Waals surface area contributed by atoms with Crippen LogP contribution in [0.3, 0.4) is 0 Å². The van der Waals surface area contributed by atoms with Crippen molar-refractivity contribution in [3.63, 3.8) is 0 Å². The summed E-state index contributed by atoms with van der Waals surface area (Å²) in [6.07, 6.45) is 0.307. The maximum absolute atomic E-state index is 12.2. The molecular formula is C14H15BrO3. The number of rotatable bonds is 5. The van der Waals surface area contributed by atoms with E-state index in [2.05, 4.69) is 27.2 Å². The largest absolute Gasteiger partial charge is 0.468 e. The summed E-state index contributed by atoms with van der Waals surface area (Å²) in [7, 11) is 1.28. The Bertz CT molecular complexity index is 462. The Morgan fingerprint density at radius 1 is 1.33 bits per heavy atom. The summed E-state index contributed by atoms with van der Waals surface area (Å²) in [5.74, 6) is -1.57. The first-order valence-corrected chi connectivity index (χ1v) is 6.27. The fourth-order valence-electron chi connectivity index (χ4n) is 1.59. The topological polar surface area (TPSA) is 43.4 Å². The van der Waals surface area contributed by atoms with E-state index in [0.717, 1.165) is 10.0 Å². The molecule has 0 aliphatic rings. The van der Waals surface area contributed by atoms with E-state index in [1.165, 1.54) is 7.11 Å². The molecule has 0 aliphatic carbocycles. The van der Waals surface area contributed by atoms with Crippen molar-refractivity contribution in [3.05, 3.63) is 46.5 Å². The fourth-order valence-corrected chi connectivity index (χ4v) is 1.85. The van der Waals surface area contributed by atoms with E-state index < -0.39 is 11.9 Å². The lowest BCUT2D eigenvalue weighted by molar-refractivity contribution is -0.143. The molecule has 0 bridgehead atoms. The SMILES string of the molecule is C=C(C)CC(C(=O)OC)C(=O)c1ccc(Br)cc1. The number of esters is 1. The fraction of sp³-hybridized carbons (Fsp3) is 0.286. The molecule has 3 nitrogen and oxygen atoms in total. The molecule has 96 valence electrons. The number of ketones is 1. The third kappa shape index (κ3) is 3.81. The van der Waals surface area contributed by atoms with Crippen LogP contribution in [-0.4, -0.2) is 18.9 Å². The van der Waals surface area contributed by atoms with Crippen molar-refractivity contribution in [1.82, 2.24) is 0 Å². The summed E-state index contributed by atoms with van der Waals surface area (Å²) >= 11 is 3.30. The number of hydrogen-bond donors (Lipinski definition) is 0. The Morgan fingerprint density at radius 2 is 1.89 bits per heavy atom. The number of allylic oxidation sites excluding steroid dienone is 1. The van der Waals surface area contributed by atoms with Crippen LogP contribution < -0.4 is 0 Å². The minimum atomic E-state index is -0.811. The molecule has 1 unspecified atom stereocenters. The molecule has 18 heavy (non-hydrogen) atoms. The van der Waals surface area contributed by atoms with E-state index in [1.54, 1.807) is 31.2 Å². The molecule has 0 aliphatic heterocycles. The Morgan fingerprint density at radius 3 is 2.33 bits per heavy atom. The van der Waals surface area contributed by atoms with Crippen molar-refractivity contribution < 1.29 is 14.3 Å². The number of carbonyl (C=O) groups excluding carboxylic acids is 2. The lowest BCUT2D eigenvalue weighted by atomic mass is 9.92. The second-order valence-corrected chi connectivity index (χ2v) is 5.02. The lowest BCUT2D eigenvalue weighted by Crippen LogP contribution is -2.25. The summed E-state index contributed by atoms with van der Waals surface area (Å²) in [6, 6.07) is 6.90. The third-order valence-corrected chi connectivity index (χ3v) is 3.01. The van der Waals surface area contributed by atoms with Gasteiger partial charge in [0, 0.05) is 10.0 Å². The number of ether oxygens (including phenoxy) is 1. The normalized spacial score (nSPS) is 11.7. The van der Waals surface area contributed by atoms with Crippen LogP contribution in [0.2, 0.25) is 0 Å². The van der Waals surface area contributed by atoms with Crippen LogP contribution in [0, 0.1) is 5.92 Å². The molecule has 1 aromatic carbocycles. The molecule has 0 saturated carbocycles. The van der Waals surface area contributed by atoms with Gasteiger partial charge in [-0.3, -0.25) is 9.59 Å². The number of benzene rings is 1. The predicted molar refractivity (Wildman–Crippen MR) is 73.4 cm³/mol. The number of halogens is 1. The third-order valence-electron chi connectivity index (χ3n) is 2.48. The molecule has 0 radical (unpaired) electrons. The first kappa shape index (κ1) is 14.6. The van der Waals surface area contributed by atoms with Gasteiger partial charge in [0.25, 0.3) is 0 Å². The Hall–Kier alpha value is -1.42. The van der Waals surface area contributed by atoms with Crippen molar-refractivity contribution in [2.24, 2.45) is 5.92 Å². The first-order chi connectivity index (χ1) is 8.45. The summed E-state index contributed by atoms with van der Waals surface area (Å²) < 4.78 is 5.55. The molecule has 0 saturated heterocycles. The maximum Gasteiger partial charge on any atom is 0.316 e. The molecule has 0 aromatic heterocycles. The Labute approximate surface area is 115 Å². The van der Waals surface area contributed by atoms with Gasteiger partial charge in [0.1, 0.15) is 5.92 Å². The number of carbonyl (C=O) groups is 2. The second kappa shape index (κ2) is 6.50. The molecule has 0 heterocycles. The van der Waals surface area contributed by atoms with Crippen LogP contribution in [0.5, 0.6) is 0 Å². The van der Waals surface area contributed by atoms with Gasteiger partial charge in [-0.1, -0.05) is 33.6 Å². The van der Waals surface area contributed by atoms with Crippen LogP contribution in [0.4, 0.5) is 0 Å². The van der Waals surface area contributed by atoms with Crippen molar-refractivity contribution in [2.45, 2.75) is 13.3 Å². The summed E-state index contributed by atoms with van der Waals surface area (Å²) in [4.78, 5) is 23.9. The van der Waals surface area contributed by atoms with E-state index in [-0.39, 0.29) is 5.78 Å². The number of Topliss-reactive ketones (excluding diaryl/α,β-unsaturated/α-hetero) is 1. The molecule has 0 spiro atoms. The van der Waals surface area contributed by atoms with Crippen LogP contribution in [-0.2, 0) is 9.53 Å². The number of methoxy groups -OCH3 is 1. The van der Waals surface area contributed by atoms with Crippen LogP contribution >= 0.6 is 15.9 Å². The van der Waals surface area contributed by atoms with Gasteiger partial charge in [0.15, 0.2) is 5.78 Å². The van der Waals surface area contributed by atoms with E-state index in [0.29, 0.717) is 12.0 Å². The van der Waals surface area contributed by atoms with E-state index in [4.69, 9.17) is 0 Å². The highest BCUT2D eigenvalue weighted by molar-refractivity contribution is 9.10. The van der Waals surface area contributed by atoms with Crippen molar-refractivity contribution in [2.75, 3.05) is 7.11 Å². The minimum absolute atomic E-state index is 0.239. The van der Waals surface area contributed by atoms with E-state index in [1.807, 2.05) is 0 Å². The Kier molecular flexibility index (Phi) is 5.28. The highest BCUT2D eigenvalue weighted by Crippen LogP contribution is 2.19. The smallest absolute Gasteiger partial charge is 0.316 e. The van der Waals surface area contributed by atoms with Gasteiger partial charge in [-0.25, -0.2) is 0 Å². The molecule has 4 heteroatoms. The lowest BCUT2D eigenvalue weighted by Gasteiger charge is -2.13. The average molecular weight is 311 g/mol. The summed E-state index contributed by atoms with van der Waals surface area (Å²) in [5, 5.41) is 0. The Balaban J connectivity index is 2.98. The van der Waals surface area contributed by atoms with Crippen LogP contribution in [0.25, 0.3) is 0 Å². The molecular weight excluding hydrogens is 296 g/mol. The van der Waals surface area contributed by atoms with Gasteiger partial charge in [0.2, 0.25) is 0 Å². The van der Waals surface area contributed by atoms with Gasteiger partial charge in [-0.05, 0) is 25.5 Å². The first-order valence-electron chi connectivity index (χ1n) is 5.47. The van der Waals surface area contributed by atoms with Crippen LogP contribution in [0.1, 0.15) is 23.7 Å². The van der Waals surface area contributed by atoms with E-state index >= 15 is 0 Å². The van der Waals surface area contributed by atoms with Gasteiger partial charge < -0.3 is 4.74 Å². The zero-order valence-corrected chi connectivity index (χ0v) is 12.0. The summed E-state index contributed by atoms with van der Waals surface area (Å²) in [6.45, 7) is 5.52. The standard InChI is InChI=1S/C14H15BrO3/c1-9(2)8-12(14(17)18-3)13(16)10-4-6-11(15)7-5-10/h4-7,12H,1,8H2,2-3H3. The molecule has 1 rings (SSSR count). The van der Waals surface area contributed by atoms with Gasteiger partial charge >= 0.3 is 5.97 Å². The highest BCUT2D eigenvalue weighted by Gasteiger charge is 2.28. The van der Waals surface area contributed by atoms with Gasteiger partial charge in [0.05, 0.1) is 7.11 Å². The van der Waals surface area contributed by atoms with Gasteiger partial charge in [-0.2, -0.15) is 0 Å². The van der Waals surface area contributed by atoms with Crippen molar-refractivity contribution in [1.29, 1.82) is 0 Å². The number of hydrogen-bond acceptors (Lipinski definition) is 3. The van der Waals surface area contributed by atoms with Gasteiger partial charge in [-0.15, -0.1) is 6.58 Å². The zero-order chi connectivity index (χ0) is 13.7. The molecule has 0 fully saturated rings. The quantitative estimate of drug-likeness (QED) is 0.362. The monoisotopic (exact) mass is 310 g/mol. The zero-order valence-electron chi connectivity index (χ0n) is 10.4. The molecule has 1 atom stereocenters. The van der Waals surface area contributed by atoms with Crippen LogP contribution in [0.15, 0.2) is 40.9 Å². The van der Waals surface area contributed by atoms with Crippen molar-refractivity contribution in [3.8, 4) is 0 Å².